The van der Waals surface area contributed by atoms with Gasteiger partial charge in [0, 0.05) is 32.1 Å². The molecule has 1 amide bonds. The summed E-state index contributed by atoms with van der Waals surface area (Å²) in [5.41, 5.74) is 0. The lowest BCUT2D eigenvalue weighted by Crippen LogP contribution is -2.43. The van der Waals surface area contributed by atoms with Crippen LogP contribution < -0.4 is 16.0 Å². The lowest BCUT2D eigenvalue weighted by atomic mass is 9.95. The number of hydrogen-bond acceptors (Lipinski definition) is 4. The smallest absolute Gasteiger partial charge is 0.221 e. The quantitative estimate of drug-likeness (QED) is 0.646. The summed E-state index contributed by atoms with van der Waals surface area (Å²) in [5.74, 6) is 0.998. The number of nitrogens with one attached hydrogen (secondary N) is 3. The lowest BCUT2D eigenvalue weighted by Gasteiger charge is -2.23. The Morgan fingerprint density at radius 3 is 2.74 bits per heavy atom. The van der Waals surface area contributed by atoms with E-state index in [0.29, 0.717) is 19.0 Å². The van der Waals surface area contributed by atoms with Crippen LogP contribution in [0.15, 0.2) is 4.99 Å². The van der Waals surface area contributed by atoms with Crippen molar-refractivity contribution >= 4 is 35.8 Å². The summed E-state index contributed by atoms with van der Waals surface area (Å²) < 4.78 is 0. The molecule has 0 aromatic rings. The largest absolute Gasteiger partial charge is 0.356 e. The molecule has 5 nitrogen and oxygen atoms in total. The van der Waals surface area contributed by atoms with Gasteiger partial charge in [-0.05, 0) is 19.3 Å². The Bertz CT molecular complexity index is 303. The van der Waals surface area contributed by atoms with Crippen molar-refractivity contribution in [1.82, 2.24) is 16.0 Å². The topological polar surface area (TPSA) is 65.5 Å². The van der Waals surface area contributed by atoms with Crippen molar-refractivity contribution in [2.45, 2.75) is 51.0 Å². The molecule has 0 aromatic heterocycles. The maximum Gasteiger partial charge on any atom is 0.221 e. The van der Waals surface area contributed by atoms with E-state index in [9.17, 15) is 4.79 Å². The fraction of sp³-hybridized carbons (Fsp3) is 0.846. The molecule has 1 aliphatic heterocycles. The number of amides is 1. The summed E-state index contributed by atoms with van der Waals surface area (Å²) in [5, 5.41) is 9.47. The summed E-state index contributed by atoms with van der Waals surface area (Å²) in [7, 11) is 0. The minimum absolute atomic E-state index is 0. The van der Waals surface area contributed by atoms with E-state index < -0.39 is 0 Å². The van der Waals surface area contributed by atoms with Crippen molar-refractivity contribution in [2.24, 2.45) is 4.99 Å². The first-order valence-electron chi connectivity index (χ1n) is 7.16. The Hall–Kier alpha value is -0.530. The molecule has 0 unspecified atom stereocenters. The van der Waals surface area contributed by atoms with Gasteiger partial charge in [0.05, 0.1) is 0 Å². The Balaban J connectivity index is 0.00000180. The van der Waals surface area contributed by atoms with Gasteiger partial charge in [-0.15, -0.1) is 24.0 Å². The van der Waals surface area contributed by atoms with E-state index in [0.717, 1.165) is 38.3 Å². The van der Waals surface area contributed by atoms with E-state index in [2.05, 4.69) is 20.9 Å². The van der Waals surface area contributed by atoms with Crippen LogP contribution in [0.1, 0.15) is 44.9 Å². The normalized spacial score (nSPS) is 19.7. The number of rotatable bonds is 4. The van der Waals surface area contributed by atoms with E-state index in [1.807, 2.05) is 0 Å². The zero-order valence-electron chi connectivity index (χ0n) is 11.4. The zero-order valence-corrected chi connectivity index (χ0v) is 13.7. The van der Waals surface area contributed by atoms with E-state index in [1.54, 1.807) is 0 Å². The molecular weight excluding hydrogens is 355 g/mol. The molecule has 1 aliphatic carbocycles. The number of nitrogens with zero attached hydrogens (tertiary/aromatic N) is 1. The fourth-order valence-corrected chi connectivity index (χ4v) is 2.49. The van der Waals surface area contributed by atoms with Crippen molar-refractivity contribution in [3.05, 3.63) is 0 Å². The van der Waals surface area contributed by atoms with Crippen molar-refractivity contribution < 1.29 is 4.79 Å². The molecule has 1 heterocycles. The number of hydrogen-bond donors (Lipinski definition) is 3. The molecule has 3 N–H and O–H groups in total. The van der Waals surface area contributed by atoms with Gasteiger partial charge in [0.1, 0.15) is 0 Å². The number of aliphatic imine (C=N–C) groups is 1. The average molecular weight is 380 g/mol. The number of halogens is 1. The molecule has 0 spiro atoms. The lowest BCUT2D eigenvalue weighted by molar-refractivity contribution is -0.121. The highest BCUT2D eigenvalue weighted by Crippen LogP contribution is 2.17. The van der Waals surface area contributed by atoms with Gasteiger partial charge in [0.2, 0.25) is 5.91 Å². The van der Waals surface area contributed by atoms with Crippen molar-refractivity contribution in [1.29, 1.82) is 0 Å². The molecule has 2 rings (SSSR count). The standard InChI is InChI=1S/C13H24N4O.HI/c18-12(17-11-5-2-1-3-6-11)7-10-16-13-14-8-4-9-15-13;/h11H,1-10H2,(H,17,18)(H2,14,15,16);1H. The third-order valence-electron chi connectivity index (χ3n) is 3.51. The van der Waals surface area contributed by atoms with Gasteiger partial charge in [0.25, 0.3) is 0 Å². The van der Waals surface area contributed by atoms with E-state index in [4.69, 9.17) is 0 Å². The number of guanidine groups is 1. The van der Waals surface area contributed by atoms with Crippen LogP contribution >= 0.6 is 24.0 Å². The molecule has 19 heavy (non-hydrogen) atoms. The Morgan fingerprint density at radius 2 is 2.05 bits per heavy atom. The summed E-state index contributed by atoms with van der Waals surface area (Å²) in [6.07, 6.45) is 7.73. The summed E-state index contributed by atoms with van der Waals surface area (Å²) >= 11 is 0. The highest BCUT2D eigenvalue weighted by molar-refractivity contribution is 14.0. The number of carbonyl (C=O) groups is 1. The molecule has 0 saturated heterocycles. The maximum absolute atomic E-state index is 11.7. The van der Waals surface area contributed by atoms with Crippen molar-refractivity contribution in [3.63, 3.8) is 0 Å². The van der Waals surface area contributed by atoms with Crippen LogP contribution in [0, 0.1) is 0 Å². The SMILES string of the molecule is I.O=C(CCNC1=NCCCN1)NC1CCCCC1. The van der Waals surface area contributed by atoms with Crippen molar-refractivity contribution in [3.8, 4) is 0 Å². The van der Waals surface area contributed by atoms with Gasteiger partial charge in [0.15, 0.2) is 5.96 Å². The minimum atomic E-state index is 0. The third-order valence-corrected chi connectivity index (χ3v) is 3.51. The second kappa shape index (κ2) is 9.39. The van der Waals surface area contributed by atoms with Gasteiger partial charge in [-0.25, -0.2) is 0 Å². The van der Waals surface area contributed by atoms with Gasteiger partial charge < -0.3 is 16.0 Å². The average Bonchev–Trinajstić information content (AvgIpc) is 2.41. The van der Waals surface area contributed by atoms with Crippen molar-refractivity contribution in [2.75, 3.05) is 19.6 Å². The highest BCUT2D eigenvalue weighted by Gasteiger charge is 2.15. The molecule has 110 valence electrons. The summed E-state index contributed by atoms with van der Waals surface area (Å²) in [4.78, 5) is 16.0. The van der Waals surface area contributed by atoms with Crippen LogP contribution in [0.2, 0.25) is 0 Å². The Kier molecular flexibility index (Phi) is 8.16. The molecule has 0 aromatic carbocycles. The van der Waals surface area contributed by atoms with Crippen LogP contribution in [0.25, 0.3) is 0 Å². The van der Waals surface area contributed by atoms with E-state index in [1.165, 1.54) is 19.3 Å². The summed E-state index contributed by atoms with van der Waals surface area (Å²) in [6.45, 7) is 2.51. The Morgan fingerprint density at radius 1 is 1.26 bits per heavy atom. The first kappa shape index (κ1) is 16.5. The molecular formula is C13H25IN4O. The molecule has 6 heteroatoms. The zero-order chi connectivity index (χ0) is 12.6. The molecule has 1 fully saturated rings. The molecule has 1 saturated carbocycles. The first-order chi connectivity index (χ1) is 8.84. The number of carbonyl (C=O) groups excluding carboxylic acids is 1. The first-order valence-corrected chi connectivity index (χ1v) is 7.16. The van der Waals surface area contributed by atoms with Gasteiger partial charge >= 0.3 is 0 Å². The van der Waals surface area contributed by atoms with Crippen LogP contribution in [-0.2, 0) is 4.79 Å². The Labute approximate surface area is 132 Å². The van der Waals surface area contributed by atoms with Gasteiger partial charge in [-0.2, -0.15) is 0 Å². The fourth-order valence-electron chi connectivity index (χ4n) is 2.49. The van der Waals surface area contributed by atoms with Crippen LogP contribution in [-0.4, -0.2) is 37.5 Å². The molecule has 0 atom stereocenters. The predicted molar refractivity (Wildman–Crippen MR) is 88.0 cm³/mol. The predicted octanol–water partition coefficient (Wildman–Crippen LogP) is 1.38. The molecule has 2 aliphatic rings. The second-order valence-electron chi connectivity index (χ2n) is 5.09. The van der Waals surface area contributed by atoms with Gasteiger partial charge in [-0.1, -0.05) is 19.3 Å². The van der Waals surface area contributed by atoms with Crippen LogP contribution in [0.4, 0.5) is 0 Å². The van der Waals surface area contributed by atoms with Gasteiger partial charge in [-0.3, -0.25) is 9.79 Å². The van der Waals surface area contributed by atoms with E-state index in [-0.39, 0.29) is 29.9 Å². The molecule has 0 radical (unpaired) electrons. The molecule has 0 bridgehead atoms. The third kappa shape index (κ3) is 6.44. The minimum Gasteiger partial charge on any atom is -0.356 e. The second-order valence-corrected chi connectivity index (χ2v) is 5.09. The summed E-state index contributed by atoms with van der Waals surface area (Å²) in [6, 6.07) is 0.413. The maximum atomic E-state index is 11.7. The monoisotopic (exact) mass is 380 g/mol. The highest BCUT2D eigenvalue weighted by atomic mass is 127. The van der Waals surface area contributed by atoms with E-state index >= 15 is 0 Å². The van der Waals surface area contributed by atoms with Crippen LogP contribution in [0.3, 0.4) is 0 Å². The van der Waals surface area contributed by atoms with Crippen LogP contribution in [0.5, 0.6) is 0 Å².